The van der Waals surface area contributed by atoms with Crippen molar-refractivity contribution in [2.45, 2.75) is 31.5 Å². The quantitative estimate of drug-likeness (QED) is 0.559. The minimum Gasteiger partial charge on any atom is -0.468 e. The Bertz CT molecular complexity index is 447. The van der Waals surface area contributed by atoms with Gasteiger partial charge in [0.2, 0.25) is 0 Å². The fraction of sp³-hybridized carbons (Fsp3) is 0.786. The van der Waals surface area contributed by atoms with E-state index in [2.05, 4.69) is 6.07 Å². The first-order chi connectivity index (χ1) is 10.0. The molecule has 1 aliphatic heterocycles. The highest BCUT2D eigenvalue weighted by atomic mass is 16.7. The molecule has 1 saturated carbocycles. The molecular formula is C14H19NO6. The van der Waals surface area contributed by atoms with Crippen LogP contribution in [0.5, 0.6) is 0 Å². The van der Waals surface area contributed by atoms with Gasteiger partial charge >= 0.3 is 11.9 Å². The zero-order valence-corrected chi connectivity index (χ0v) is 12.2. The fourth-order valence-electron chi connectivity index (χ4n) is 3.37. The van der Waals surface area contributed by atoms with E-state index in [1.54, 1.807) is 0 Å². The normalized spacial score (nSPS) is 25.5. The standard InChI is InChI=1S/C14H19NO6/c1-18-11(16)13(12(17)19-2)8-10(4-3-5-15)14(9-13)20-6-7-21-14/h10H,3-4,6-9H2,1-2H3. The van der Waals surface area contributed by atoms with Gasteiger partial charge in [-0.05, 0) is 12.8 Å². The summed E-state index contributed by atoms with van der Waals surface area (Å²) in [6, 6.07) is 2.07. The molecule has 2 rings (SSSR count). The van der Waals surface area contributed by atoms with Crippen molar-refractivity contribution in [1.82, 2.24) is 0 Å². The number of nitriles is 1. The average Bonchev–Trinajstić information content (AvgIpc) is 3.10. The number of carbonyl (C=O) groups is 2. The number of ether oxygens (including phenoxy) is 4. The van der Waals surface area contributed by atoms with Crippen molar-refractivity contribution in [1.29, 1.82) is 5.26 Å². The lowest BCUT2D eigenvalue weighted by Gasteiger charge is -2.29. The van der Waals surface area contributed by atoms with Crippen molar-refractivity contribution >= 4 is 11.9 Å². The lowest BCUT2D eigenvalue weighted by atomic mass is 9.84. The van der Waals surface area contributed by atoms with Gasteiger partial charge in [-0.3, -0.25) is 9.59 Å². The lowest BCUT2D eigenvalue weighted by molar-refractivity contribution is -0.193. The van der Waals surface area contributed by atoms with Crippen molar-refractivity contribution in [3.63, 3.8) is 0 Å². The monoisotopic (exact) mass is 297 g/mol. The molecule has 2 fully saturated rings. The Kier molecular flexibility index (Phi) is 4.49. The molecule has 1 spiro atoms. The van der Waals surface area contributed by atoms with Gasteiger partial charge in [0.25, 0.3) is 0 Å². The highest BCUT2D eigenvalue weighted by Crippen LogP contribution is 2.54. The van der Waals surface area contributed by atoms with E-state index in [9.17, 15) is 9.59 Å². The summed E-state index contributed by atoms with van der Waals surface area (Å²) in [5.74, 6) is -2.52. The summed E-state index contributed by atoms with van der Waals surface area (Å²) in [5, 5.41) is 8.78. The summed E-state index contributed by atoms with van der Waals surface area (Å²) in [5.41, 5.74) is -1.42. The molecule has 0 radical (unpaired) electrons. The Labute approximate surface area is 123 Å². The zero-order valence-electron chi connectivity index (χ0n) is 12.2. The highest BCUT2D eigenvalue weighted by molar-refractivity contribution is 6.00. The summed E-state index contributed by atoms with van der Waals surface area (Å²) < 4.78 is 21.0. The Morgan fingerprint density at radius 2 is 1.81 bits per heavy atom. The van der Waals surface area contributed by atoms with Crippen molar-refractivity contribution < 1.29 is 28.5 Å². The van der Waals surface area contributed by atoms with Crippen LogP contribution in [-0.4, -0.2) is 45.2 Å². The number of rotatable bonds is 4. The van der Waals surface area contributed by atoms with Gasteiger partial charge in [-0.25, -0.2) is 0 Å². The molecule has 21 heavy (non-hydrogen) atoms. The van der Waals surface area contributed by atoms with Crippen molar-refractivity contribution in [3.8, 4) is 6.07 Å². The third-order valence-electron chi connectivity index (χ3n) is 4.30. The van der Waals surface area contributed by atoms with Gasteiger partial charge in [0, 0.05) is 18.8 Å². The molecule has 0 aromatic carbocycles. The largest absolute Gasteiger partial charge is 0.468 e. The van der Waals surface area contributed by atoms with Gasteiger partial charge in [-0.1, -0.05) is 0 Å². The molecule has 0 bridgehead atoms. The van der Waals surface area contributed by atoms with Gasteiger partial charge in [-0.2, -0.15) is 5.26 Å². The second kappa shape index (κ2) is 6.00. The molecule has 1 aliphatic carbocycles. The second-order valence-electron chi connectivity index (χ2n) is 5.35. The predicted molar refractivity (Wildman–Crippen MR) is 68.7 cm³/mol. The molecule has 1 saturated heterocycles. The van der Waals surface area contributed by atoms with Gasteiger partial charge in [0.15, 0.2) is 11.2 Å². The van der Waals surface area contributed by atoms with Crippen LogP contribution in [0.3, 0.4) is 0 Å². The first kappa shape index (κ1) is 15.7. The maximum atomic E-state index is 12.2. The SMILES string of the molecule is COC(=O)C1(C(=O)OC)CC(CCC#N)C2(C1)OCCO2. The van der Waals surface area contributed by atoms with Gasteiger partial charge in [-0.15, -0.1) is 0 Å². The smallest absolute Gasteiger partial charge is 0.323 e. The van der Waals surface area contributed by atoms with Crippen LogP contribution < -0.4 is 0 Å². The van der Waals surface area contributed by atoms with Crippen LogP contribution >= 0.6 is 0 Å². The van der Waals surface area contributed by atoms with E-state index in [1.165, 1.54) is 14.2 Å². The molecule has 116 valence electrons. The van der Waals surface area contributed by atoms with E-state index in [0.29, 0.717) is 26.1 Å². The van der Waals surface area contributed by atoms with E-state index >= 15 is 0 Å². The molecule has 1 unspecified atom stereocenters. The molecule has 7 nitrogen and oxygen atoms in total. The van der Waals surface area contributed by atoms with Crippen LogP contribution in [-0.2, 0) is 28.5 Å². The Balaban J connectivity index is 2.34. The third kappa shape index (κ3) is 2.49. The number of nitrogens with zero attached hydrogens (tertiary/aromatic N) is 1. The summed E-state index contributed by atoms with van der Waals surface area (Å²) in [6.07, 6.45) is 1.06. The maximum absolute atomic E-state index is 12.2. The van der Waals surface area contributed by atoms with E-state index < -0.39 is 23.1 Å². The second-order valence-corrected chi connectivity index (χ2v) is 5.35. The summed E-state index contributed by atoms with van der Waals surface area (Å²) in [7, 11) is 2.47. The van der Waals surface area contributed by atoms with Gasteiger partial charge < -0.3 is 18.9 Å². The van der Waals surface area contributed by atoms with E-state index in [0.717, 1.165) is 0 Å². The minimum absolute atomic E-state index is 0.0649. The first-order valence-corrected chi connectivity index (χ1v) is 6.86. The van der Waals surface area contributed by atoms with E-state index in [4.69, 9.17) is 24.2 Å². The van der Waals surface area contributed by atoms with Crippen LogP contribution in [0.1, 0.15) is 25.7 Å². The van der Waals surface area contributed by atoms with Crippen LogP contribution in [0.4, 0.5) is 0 Å². The van der Waals surface area contributed by atoms with Gasteiger partial charge in [0.05, 0.1) is 33.5 Å². The van der Waals surface area contributed by atoms with Crippen LogP contribution in [0.2, 0.25) is 0 Å². The Morgan fingerprint density at radius 1 is 1.24 bits per heavy atom. The van der Waals surface area contributed by atoms with E-state index in [-0.39, 0.29) is 18.8 Å². The van der Waals surface area contributed by atoms with Gasteiger partial charge in [0.1, 0.15) is 0 Å². The molecule has 1 atom stereocenters. The lowest BCUT2D eigenvalue weighted by Crippen LogP contribution is -2.42. The highest BCUT2D eigenvalue weighted by Gasteiger charge is 2.65. The Hall–Kier alpha value is -1.65. The minimum atomic E-state index is -1.42. The Morgan fingerprint density at radius 3 is 2.29 bits per heavy atom. The number of esters is 2. The average molecular weight is 297 g/mol. The van der Waals surface area contributed by atoms with Crippen LogP contribution in [0.25, 0.3) is 0 Å². The summed E-state index contributed by atoms with van der Waals surface area (Å²) >= 11 is 0. The number of methoxy groups -OCH3 is 2. The number of hydrogen-bond acceptors (Lipinski definition) is 7. The van der Waals surface area contributed by atoms with Crippen molar-refractivity contribution in [2.24, 2.45) is 11.3 Å². The fourth-order valence-corrected chi connectivity index (χ4v) is 3.37. The van der Waals surface area contributed by atoms with E-state index in [1.807, 2.05) is 0 Å². The maximum Gasteiger partial charge on any atom is 0.323 e. The molecule has 0 aromatic rings. The van der Waals surface area contributed by atoms with Crippen molar-refractivity contribution in [3.05, 3.63) is 0 Å². The predicted octanol–water partition coefficient (Wildman–Crippen LogP) is 0.776. The molecule has 7 heteroatoms. The molecule has 0 N–H and O–H groups in total. The topological polar surface area (TPSA) is 94.9 Å². The molecule has 1 heterocycles. The zero-order chi connectivity index (χ0) is 15.5. The summed E-state index contributed by atoms with van der Waals surface area (Å²) in [4.78, 5) is 24.4. The number of carbonyl (C=O) groups excluding carboxylic acids is 2. The molecule has 0 aromatic heterocycles. The third-order valence-corrected chi connectivity index (χ3v) is 4.30. The van der Waals surface area contributed by atoms with Crippen LogP contribution in [0.15, 0.2) is 0 Å². The first-order valence-electron chi connectivity index (χ1n) is 6.86. The van der Waals surface area contributed by atoms with Crippen molar-refractivity contribution in [2.75, 3.05) is 27.4 Å². The number of hydrogen-bond donors (Lipinski definition) is 0. The molecular weight excluding hydrogens is 278 g/mol. The van der Waals surface area contributed by atoms with Crippen LogP contribution in [0, 0.1) is 22.7 Å². The molecule has 2 aliphatic rings. The molecule has 0 amide bonds. The summed E-state index contributed by atoms with van der Waals surface area (Å²) in [6.45, 7) is 0.808.